The van der Waals surface area contributed by atoms with Crippen molar-refractivity contribution < 1.29 is 13.2 Å². The van der Waals surface area contributed by atoms with Crippen molar-refractivity contribution >= 4 is 15.8 Å². The number of ketones is 1. The van der Waals surface area contributed by atoms with E-state index >= 15 is 0 Å². The lowest BCUT2D eigenvalue weighted by Gasteiger charge is -2.31. The van der Waals surface area contributed by atoms with Gasteiger partial charge in [-0.3, -0.25) is 4.79 Å². The number of nitrogens with zero attached hydrogens (tertiary/aromatic N) is 1. The van der Waals surface area contributed by atoms with Crippen LogP contribution in [0.1, 0.15) is 30.6 Å². The maximum atomic E-state index is 12.6. The fourth-order valence-electron chi connectivity index (χ4n) is 2.30. The molecule has 0 amide bonds. The van der Waals surface area contributed by atoms with E-state index in [0.29, 0.717) is 31.6 Å². The lowest BCUT2D eigenvalue weighted by molar-refractivity contribution is 0.0988. The number of benzene rings is 1. The van der Waals surface area contributed by atoms with Crippen LogP contribution in [0, 0.1) is 0 Å². The molecule has 6 heteroatoms. The number of carbonyl (C=O) groups is 1. The minimum absolute atomic E-state index is 0.0456. The first-order valence-electron chi connectivity index (χ1n) is 6.82. The Morgan fingerprint density at radius 3 is 2.85 bits per heavy atom. The monoisotopic (exact) mass is 296 g/mol. The van der Waals surface area contributed by atoms with E-state index in [2.05, 4.69) is 5.32 Å². The van der Waals surface area contributed by atoms with Crippen LogP contribution >= 0.6 is 0 Å². The Hall–Kier alpha value is -1.24. The molecule has 20 heavy (non-hydrogen) atoms. The molecule has 1 saturated heterocycles. The van der Waals surface area contributed by atoms with Gasteiger partial charge in [0.05, 0.1) is 4.90 Å². The van der Waals surface area contributed by atoms with Gasteiger partial charge in [0.1, 0.15) is 0 Å². The van der Waals surface area contributed by atoms with Gasteiger partial charge in [-0.15, -0.1) is 0 Å². The van der Waals surface area contributed by atoms with E-state index in [1.165, 1.54) is 10.4 Å². The molecular weight excluding hydrogens is 276 g/mol. The Bertz CT molecular complexity index is 598. The summed E-state index contributed by atoms with van der Waals surface area (Å²) in [5.74, 6) is -0.0456. The van der Waals surface area contributed by atoms with Crippen LogP contribution in [0.25, 0.3) is 0 Å². The van der Waals surface area contributed by atoms with E-state index in [9.17, 15) is 13.2 Å². The average Bonchev–Trinajstić information content (AvgIpc) is 2.46. The van der Waals surface area contributed by atoms with Crippen molar-refractivity contribution in [2.75, 3.05) is 19.6 Å². The Morgan fingerprint density at radius 2 is 2.20 bits per heavy atom. The Balaban J connectivity index is 2.32. The average molecular weight is 296 g/mol. The molecule has 2 rings (SSSR count). The molecule has 110 valence electrons. The molecule has 1 unspecified atom stereocenters. The van der Waals surface area contributed by atoms with E-state index in [1.54, 1.807) is 25.1 Å². The number of carbonyl (C=O) groups excluding carboxylic acids is 1. The number of nitrogens with one attached hydrogen (secondary N) is 1. The summed E-state index contributed by atoms with van der Waals surface area (Å²) >= 11 is 0. The summed E-state index contributed by atoms with van der Waals surface area (Å²) in [7, 11) is -3.52. The molecule has 0 aromatic heterocycles. The predicted molar refractivity (Wildman–Crippen MR) is 77.3 cm³/mol. The molecule has 1 aromatic rings. The zero-order chi connectivity index (χ0) is 14.8. The highest BCUT2D eigenvalue weighted by molar-refractivity contribution is 7.89. The topological polar surface area (TPSA) is 66.5 Å². The third-order valence-corrected chi connectivity index (χ3v) is 5.31. The maximum Gasteiger partial charge on any atom is 0.243 e. The highest BCUT2D eigenvalue weighted by Crippen LogP contribution is 2.19. The summed E-state index contributed by atoms with van der Waals surface area (Å²) in [6.45, 7) is 5.28. The molecule has 1 N–H and O–H groups in total. The zero-order valence-electron chi connectivity index (χ0n) is 11.8. The van der Waals surface area contributed by atoms with Crippen LogP contribution in [0.4, 0.5) is 0 Å². The Labute approximate surface area is 120 Å². The number of hydrogen-bond acceptors (Lipinski definition) is 4. The van der Waals surface area contributed by atoms with Gasteiger partial charge in [-0.2, -0.15) is 4.31 Å². The molecule has 0 bridgehead atoms. The molecule has 1 aliphatic rings. The summed E-state index contributed by atoms with van der Waals surface area (Å²) in [6.07, 6.45) is 0.369. The number of hydrogen-bond donors (Lipinski definition) is 1. The molecule has 1 aliphatic heterocycles. The maximum absolute atomic E-state index is 12.6. The van der Waals surface area contributed by atoms with Gasteiger partial charge in [0, 0.05) is 37.7 Å². The third-order valence-electron chi connectivity index (χ3n) is 3.45. The van der Waals surface area contributed by atoms with Gasteiger partial charge in [-0.25, -0.2) is 8.42 Å². The molecule has 1 fully saturated rings. The second kappa shape index (κ2) is 6.03. The van der Waals surface area contributed by atoms with Crippen molar-refractivity contribution in [1.82, 2.24) is 9.62 Å². The minimum atomic E-state index is -3.52. The largest absolute Gasteiger partial charge is 0.312 e. The fraction of sp³-hybridized carbons (Fsp3) is 0.500. The SMILES string of the molecule is CCC(=O)c1cccc(S(=O)(=O)N2CCNC(C)C2)c1. The normalized spacial score (nSPS) is 20.8. The smallest absolute Gasteiger partial charge is 0.243 e. The van der Waals surface area contributed by atoms with Crippen molar-refractivity contribution in [3.8, 4) is 0 Å². The van der Waals surface area contributed by atoms with Crippen LogP contribution in [0.2, 0.25) is 0 Å². The van der Waals surface area contributed by atoms with Crippen molar-refractivity contribution in [3.05, 3.63) is 29.8 Å². The predicted octanol–water partition coefficient (Wildman–Crippen LogP) is 1.26. The fourth-order valence-corrected chi connectivity index (χ4v) is 3.87. The van der Waals surface area contributed by atoms with Crippen LogP contribution in [0.5, 0.6) is 0 Å². The highest BCUT2D eigenvalue weighted by Gasteiger charge is 2.28. The summed E-state index contributed by atoms with van der Waals surface area (Å²) in [5, 5.41) is 3.21. The van der Waals surface area contributed by atoms with Crippen molar-refractivity contribution in [2.24, 2.45) is 0 Å². The van der Waals surface area contributed by atoms with E-state index < -0.39 is 10.0 Å². The number of piperazine rings is 1. The van der Waals surface area contributed by atoms with Crippen LogP contribution in [0.15, 0.2) is 29.2 Å². The first-order valence-corrected chi connectivity index (χ1v) is 8.26. The van der Waals surface area contributed by atoms with Gasteiger partial charge in [0.25, 0.3) is 0 Å². The van der Waals surface area contributed by atoms with Crippen LogP contribution < -0.4 is 5.32 Å². The first kappa shape index (κ1) is 15.2. The number of rotatable bonds is 4. The van der Waals surface area contributed by atoms with Gasteiger partial charge in [-0.05, 0) is 19.1 Å². The quantitative estimate of drug-likeness (QED) is 0.850. The standard InChI is InChI=1S/C14H20N2O3S/c1-3-14(17)12-5-4-6-13(9-12)20(18,19)16-8-7-15-11(2)10-16/h4-6,9,11,15H,3,7-8,10H2,1-2H3. The Kier molecular flexibility index (Phi) is 4.57. The van der Waals surface area contributed by atoms with E-state index in [1.807, 2.05) is 6.92 Å². The first-order chi connectivity index (χ1) is 9.45. The number of Topliss-reactive ketones (excluding diaryl/α,β-unsaturated/α-hetero) is 1. The summed E-state index contributed by atoms with van der Waals surface area (Å²) in [4.78, 5) is 11.9. The second-order valence-electron chi connectivity index (χ2n) is 5.02. The molecule has 1 heterocycles. The second-order valence-corrected chi connectivity index (χ2v) is 6.96. The highest BCUT2D eigenvalue weighted by atomic mass is 32.2. The molecule has 5 nitrogen and oxygen atoms in total. The molecule has 1 atom stereocenters. The van der Waals surface area contributed by atoms with Crippen molar-refractivity contribution in [2.45, 2.75) is 31.2 Å². The number of sulfonamides is 1. The van der Waals surface area contributed by atoms with Gasteiger partial charge in [0.15, 0.2) is 5.78 Å². The molecular formula is C14H20N2O3S. The van der Waals surface area contributed by atoms with Crippen molar-refractivity contribution in [1.29, 1.82) is 0 Å². The summed E-state index contributed by atoms with van der Waals surface area (Å²) < 4.78 is 26.6. The van der Waals surface area contributed by atoms with Crippen LogP contribution in [0.3, 0.4) is 0 Å². The summed E-state index contributed by atoms with van der Waals surface area (Å²) in [5.41, 5.74) is 0.455. The molecule has 0 saturated carbocycles. The van der Waals surface area contributed by atoms with Gasteiger partial charge < -0.3 is 5.32 Å². The van der Waals surface area contributed by atoms with E-state index in [4.69, 9.17) is 0 Å². The van der Waals surface area contributed by atoms with Crippen molar-refractivity contribution in [3.63, 3.8) is 0 Å². The third kappa shape index (κ3) is 3.08. The van der Waals surface area contributed by atoms with Gasteiger partial charge in [-0.1, -0.05) is 19.1 Å². The minimum Gasteiger partial charge on any atom is -0.312 e. The Morgan fingerprint density at radius 1 is 1.45 bits per heavy atom. The molecule has 0 spiro atoms. The van der Waals surface area contributed by atoms with Gasteiger partial charge >= 0.3 is 0 Å². The zero-order valence-corrected chi connectivity index (χ0v) is 12.6. The van der Waals surface area contributed by atoms with E-state index in [0.717, 1.165) is 0 Å². The lowest BCUT2D eigenvalue weighted by atomic mass is 10.1. The molecule has 0 radical (unpaired) electrons. The van der Waals surface area contributed by atoms with E-state index in [-0.39, 0.29) is 16.7 Å². The lowest BCUT2D eigenvalue weighted by Crippen LogP contribution is -2.51. The van der Waals surface area contributed by atoms with Crippen LogP contribution in [-0.4, -0.2) is 44.2 Å². The summed E-state index contributed by atoms with van der Waals surface area (Å²) in [6, 6.07) is 6.45. The van der Waals surface area contributed by atoms with Gasteiger partial charge in [0.2, 0.25) is 10.0 Å². The molecule has 0 aliphatic carbocycles. The van der Waals surface area contributed by atoms with Crippen LogP contribution in [-0.2, 0) is 10.0 Å². The molecule has 1 aromatic carbocycles.